The third kappa shape index (κ3) is 4.63. The van der Waals surface area contributed by atoms with Crippen LogP contribution in [0.1, 0.15) is 70.6 Å². The fourth-order valence-electron chi connectivity index (χ4n) is 2.23. The van der Waals surface area contributed by atoms with Gasteiger partial charge in [-0.25, -0.2) is 0 Å². The van der Waals surface area contributed by atoms with Crippen LogP contribution in [0.5, 0.6) is 0 Å². The van der Waals surface area contributed by atoms with Crippen LogP contribution in [0.3, 0.4) is 0 Å². The maximum Gasteiger partial charge on any atom is 0.120 e. The van der Waals surface area contributed by atoms with Gasteiger partial charge in [-0.15, -0.1) is 9.24 Å². The third-order valence-electron chi connectivity index (χ3n) is 3.80. The Morgan fingerprint density at radius 2 is 1.70 bits per heavy atom. The molecule has 0 saturated carbocycles. The van der Waals surface area contributed by atoms with E-state index in [0.29, 0.717) is 5.92 Å². The lowest BCUT2D eigenvalue weighted by atomic mass is 10.00. The lowest BCUT2D eigenvalue weighted by molar-refractivity contribution is 0.115. The van der Waals surface area contributed by atoms with Crippen molar-refractivity contribution in [2.24, 2.45) is 0 Å². The summed E-state index contributed by atoms with van der Waals surface area (Å²) in [5, 5.41) is -0.0408. The molecule has 3 atom stereocenters. The van der Waals surface area contributed by atoms with Crippen molar-refractivity contribution in [3.05, 3.63) is 47.7 Å². The Labute approximate surface area is 127 Å². The minimum absolute atomic E-state index is 0.0408. The summed E-state index contributed by atoms with van der Waals surface area (Å²) < 4.78 is 6.04. The van der Waals surface area contributed by atoms with Crippen molar-refractivity contribution >= 4 is 9.24 Å². The molecule has 3 unspecified atom stereocenters. The van der Waals surface area contributed by atoms with E-state index in [1.54, 1.807) is 0 Å². The topological polar surface area (TPSA) is 9.23 Å². The molecule has 0 fully saturated rings. The Hall–Kier alpha value is -0.810. The number of ether oxygens (including phenoxy) is 1. The van der Waals surface area contributed by atoms with Gasteiger partial charge in [0.25, 0.3) is 0 Å². The summed E-state index contributed by atoms with van der Waals surface area (Å²) in [6, 6.07) is 8.70. The summed E-state index contributed by atoms with van der Waals surface area (Å²) in [6.45, 7) is 15.0. The molecule has 0 radical (unpaired) electrons. The van der Waals surface area contributed by atoms with E-state index >= 15 is 0 Å². The Bertz CT molecular complexity index is 431. The van der Waals surface area contributed by atoms with Gasteiger partial charge in [0.1, 0.15) is 6.10 Å². The minimum atomic E-state index is -0.0408. The second-order valence-corrected chi connectivity index (χ2v) is 7.45. The van der Waals surface area contributed by atoms with Gasteiger partial charge in [-0.3, -0.25) is 0 Å². The van der Waals surface area contributed by atoms with Gasteiger partial charge < -0.3 is 4.74 Å². The minimum Gasteiger partial charge on any atom is -0.490 e. The van der Waals surface area contributed by atoms with Crippen molar-refractivity contribution in [1.29, 1.82) is 0 Å². The van der Waals surface area contributed by atoms with Crippen LogP contribution in [-0.2, 0) is 4.74 Å². The zero-order chi connectivity index (χ0) is 15.3. The molecule has 1 aromatic rings. The van der Waals surface area contributed by atoms with Crippen LogP contribution in [0.25, 0.3) is 0 Å². The van der Waals surface area contributed by atoms with E-state index in [1.165, 1.54) is 11.1 Å². The van der Waals surface area contributed by atoms with Gasteiger partial charge >= 0.3 is 0 Å². The van der Waals surface area contributed by atoms with Crippen LogP contribution in [0, 0.1) is 0 Å². The molecule has 0 aromatic heterocycles. The molecule has 0 aliphatic heterocycles. The normalized spacial score (nSPS) is 15.8. The fourth-order valence-corrected chi connectivity index (χ4v) is 2.58. The smallest absolute Gasteiger partial charge is 0.120 e. The summed E-state index contributed by atoms with van der Waals surface area (Å²) in [5.41, 5.74) is 2.56. The van der Waals surface area contributed by atoms with Gasteiger partial charge in [-0.05, 0) is 37.3 Å². The lowest BCUT2D eigenvalue weighted by Crippen LogP contribution is -2.21. The molecule has 1 rings (SSSR count). The molecule has 0 saturated heterocycles. The number of hydrogen-bond donors (Lipinski definition) is 0. The monoisotopic (exact) mass is 292 g/mol. The Balaban J connectivity index is 2.71. The number of hydrogen-bond acceptors (Lipinski definition) is 1. The average molecular weight is 292 g/mol. The second kappa shape index (κ2) is 7.27. The quantitative estimate of drug-likeness (QED) is 0.453. The number of allylic oxidation sites excluding steroid dienone is 1. The molecule has 0 N–H and O–H groups in total. The van der Waals surface area contributed by atoms with Crippen molar-refractivity contribution in [2.75, 3.05) is 0 Å². The first-order valence-electron chi connectivity index (χ1n) is 7.52. The van der Waals surface area contributed by atoms with Crippen molar-refractivity contribution < 1.29 is 4.74 Å². The highest BCUT2D eigenvalue weighted by molar-refractivity contribution is 7.19. The van der Waals surface area contributed by atoms with E-state index in [4.69, 9.17) is 4.74 Å². The first-order chi connectivity index (χ1) is 9.27. The summed E-state index contributed by atoms with van der Waals surface area (Å²) in [5.74, 6) is 1.42. The Morgan fingerprint density at radius 3 is 2.15 bits per heavy atom. The zero-order valence-electron chi connectivity index (χ0n) is 13.6. The molecule has 112 valence electrons. The van der Waals surface area contributed by atoms with E-state index in [1.807, 2.05) is 0 Å². The molecule has 0 aliphatic carbocycles. The molecule has 0 amide bonds. The average Bonchev–Trinajstić information content (AvgIpc) is 2.38. The lowest BCUT2D eigenvalue weighted by Gasteiger charge is -2.29. The molecule has 0 aliphatic rings. The molecular formula is C18H29OP. The van der Waals surface area contributed by atoms with Gasteiger partial charge in [-0.1, -0.05) is 58.0 Å². The van der Waals surface area contributed by atoms with Crippen LogP contribution in [0.4, 0.5) is 0 Å². The highest BCUT2D eigenvalue weighted by atomic mass is 31.0. The Morgan fingerprint density at radius 1 is 1.20 bits per heavy atom. The number of benzene rings is 1. The third-order valence-corrected chi connectivity index (χ3v) is 4.41. The Kier molecular flexibility index (Phi) is 6.27. The fraction of sp³-hybridized carbons (Fsp3) is 0.556. The van der Waals surface area contributed by atoms with E-state index in [2.05, 4.69) is 74.7 Å². The molecule has 20 heavy (non-hydrogen) atoms. The van der Waals surface area contributed by atoms with Gasteiger partial charge in [0.05, 0.1) is 5.76 Å². The summed E-state index contributed by atoms with van der Waals surface area (Å²) in [7, 11) is 2.87. The largest absolute Gasteiger partial charge is 0.490 e. The van der Waals surface area contributed by atoms with Crippen LogP contribution in [-0.4, -0.2) is 5.16 Å². The van der Waals surface area contributed by atoms with Crippen LogP contribution in [0.2, 0.25) is 0 Å². The molecule has 1 nitrogen and oxygen atoms in total. The molecule has 0 heterocycles. The molecule has 0 spiro atoms. The van der Waals surface area contributed by atoms with E-state index < -0.39 is 0 Å². The molecule has 2 heteroatoms. The van der Waals surface area contributed by atoms with E-state index in [9.17, 15) is 0 Å². The van der Waals surface area contributed by atoms with Crippen LogP contribution in [0.15, 0.2) is 36.6 Å². The summed E-state index contributed by atoms with van der Waals surface area (Å²) in [4.78, 5) is 0. The predicted octanol–water partition coefficient (Wildman–Crippen LogP) is 5.84. The number of rotatable bonds is 7. The van der Waals surface area contributed by atoms with Crippen molar-refractivity contribution in [2.45, 2.75) is 64.6 Å². The molecule has 0 bridgehead atoms. The van der Waals surface area contributed by atoms with Gasteiger partial charge in [-0.2, -0.15) is 0 Å². The van der Waals surface area contributed by atoms with Crippen molar-refractivity contribution in [3.8, 4) is 0 Å². The van der Waals surface area contributed by atoms with Gasteiger partial charge in [0.15, 0.2) is 0 Å². The maximum atomic E-state index is 6.04. The van der Waals surface area contributed by atoms with Crippen molar-refractivity contribution in [1.82, 2.24) is 0 Å². The van der Waals surface area contributed by atoms with Crippen LogP contribution >= 0.6 is 9.24 Å². The second-order valence-electron chi connectivity index (χ2n) is 6.17. The maximum absolute atomic E-state index is 6.04. The SMILES string of the molecule is C=C(OC(C)c1ccc(C(C)C)cc1)C(C)(P)CCC. The summed E-state index contributed by atoms with van der Waals surface area (Å²) >= 11 is 0. The highest BCUT2D eigenvalue weighted by Gasteiger charge is 2.24. The standard InChI is InChI=1S/C18H29OP/c1-7-12-18(6,20)15(5)19-14(4)17-10-8-16(9-11-17)13(2)3/h8-11,13-14H,5,7,12,20H2,1-4,6H3. The van der Waals surface area contributed by atoms with Crippen molar-refractivity contribution in [3.63, 3.8) is 0 Å². The summed E-state index contributed by atoms with van der Waals surface area (Å²) in [6.07, 6.45) is 2.23. The van der Waals surface area contributed by atoms with E-state index in [-0.39, 0.29) is 11.3 Å². The molecular weight excluding hydrogens is 263 g/mol. The molecule has 1 aromatic carbocycles. The first kappa shape index (κ1) is 17.2. The predicted molar refractivity (Wildman–Crippen MR) is 92.2 cm³/mol. The first-order valence-corrected chi connectivity index (χ1v) is 8.10. The van der Waals surface area contributed by atoms with Crippen LogP contribution < -0.4 is 0 Å². The van der Waals surface area contributed by atoms with Gasteiger partial charge in [0.2, 0.25) is 0 Å². The van der Waals surface area contributed by atoms with E-state index in [0.717, 1.165) is 18.6 Å². The van der Waals surface area contributed by atoms with Gasteiger partial charge in [0, 0.05) is 5.16 Å². The highest BCUT2D eigenvalue weighted by Crippen LogP contribution is 2.35. The zero-order valence-corrected chi connectivity index (χ0v) is 14.7.